The Hall–Kier alpha value is -0.730. The fraction of sp³-hybridized carbons (Fsp3) is 0.462. The number of carbonyl (C=O) groups is 1. The molecule has 0 aliphatic carbocycles. The van der Waals surface area contributed by atoms with Crippen molar-refractivity contribution in [1.29, 1.82) is 0 Å². The van der Waals surface area contributed by atoms with E-state index in [1.165, 1.54) is 0 Å². The summed E-state index contributed by atoms with van der Waals surface area (Å²) in [5, 5.41) is 3.76. The van der Waals surface area contributed by atoms with Gasteiger partial charge in [-0.05, 0) is 30.0 Å². The molecule has 1 aromatic rings. The number of hydrogen-bond donors (Lipinski definition) is 1. The fourth-order valence-corrected chi connectivity index (χ4v) is 1.81. The highest BCUT2D eigenvalue weighted by Crippen LogP contribution is 2.21. The maximum atomic E-state index is 11.8. The maximum absolute atomic E-state index is 11.8. The van der Waals surface area contributed by atoms with Gasteiger partial charge in [-0.1, -0.05) is 44.0 Å². The topological polar surface area (TPSA) is 29.1 Å². The average molecular weight is 274 g/mol. The zero-order chi connectivity index (χ0) is 13.1. The van der Waals surface area contributed by atoms with Gasteiger partial charge in [-0.25, -0.2) is 0 Å². The van der Waals surface area contributed by atoms with Crippen molar-refractivity contribution >= 4 is 29.1 Å². The number of hydrogen-bond acceptors (Lipinski definition) is 1. The molecule has 4 heteroatoms. The molecule has 0 saturated heterocycles. The first-order chi connectivity index (χ1) is 7.79. The summed E-state index contributed by atoms with van der Waals surface area (Å²) in [6.07, 6.45) is 0.921. The lowest BCUT2D eigenvalue weighted by Crippen LogP contribution is -2.27. The van der Waals surface area contributed by atoms with E-state index in [9.17, 15) is 4.79 Å². The van der Waals surface area contributed by atoms with E-state index in [0.29, 0.717) is 22.2 Å². The molecule has 1 rings (SSSR count). The van der Waals surface area contributed by atoms with Gasteiger partial charge in [-0.15, -0.1) is 0 Å². The first-order valence-corrected chi connectivity index (χ1v) is 6.28. The van der Waals surface area contributed by atoms with Gasteiger partial charge in [0.15, 0.2) is 0 Å². The van der Waals surface area contributed by atoms with Gasteiger partial charge in [0.2, 0.25) is 0 Å². The molecular formula is C13H17Cl2NO. The van der Waals surface area contributed by atoms with E-state index >= 15 is 0 Å². The highest BCUT2D eigenvalue weighted by atomic mass is 35.5. The van der Waals surface area contributed by atoms with Crippen LogP contribution < -0.4 is 5.32 Å². The smallest absolute Gasteiger partial charge is 0.252 e. The van der Waals surface area contributed by atoms with Crippen molar-refractivity contribution in [3.05, 3.63) is 33.8 Å². The van der Waals surface area contributed by atoms with E-state index in [-0.39, 0.29) is 11.3 Å². The van der Waals surface area contributed by atoms with Gasteiger partial charge in [-0.2, -0.15) is 0 Å². The molecule has 0 unspecified atom stereocenters. The molecule has 2 nitrogen and oxygen atoms in total. The van der Waals surface area contributed by atoms with E-state index in [0.717, 1.165) is 6.42 Å². The highest BCUT2D eigenvalue weighted by Gasteiger charge is 2.13. The molecular weight excluding hydrogens is 257 g/mol. The normalized spacial score (nSPS) is 11.4. The Morgan fingerprint density at radius 3 is 2.47 bits per heavy atom. The molecule has 1 amide bonds. The third kappa shape index (κ3) is 4.97. The quantitative estimate of drug-likeness (QED) is 0.881. The van der Waals surface area contributed by atoms with Gasteiger partial charge in [-0.3, -0.25) is 4.79 Å². The molecule has 0 bridgehead atoms. The predicted octanol–water partition coefficient (Wildman–Crippen LogP) is 4.16. The molecule has 0 saturated carbocycles. The summed E-state index contributed by atoms with van der Waals surface area (Å²) in [6, 6.07) is 4.87. The zero-order valence-corrected chi connectivity index (χ0v) is 11.8. The summed E-state index contributed by atoms with van der Waals surface area (Å²) in [5.74, 6) is -0.157. The van der Waals surface area contributed by atoms with Crippen molar-refractivity contribution in [2.24, 2.45) is 5.41 Å². The van der Waals surface area contributed by atoms with Crippen molar-refractivity contribution in [3.8, 4) is 0 Å². The van der Waals surface area contributed by atoms with Crippen LogP contribution in [0.2, 0.25) is 10.0 Å². The van der Waals surface area contributed by atoms with Gasteiger partial charge in [0.1, 0.15) is 0 Å². The molecule has 0 aliphatic heterocycles. The highest BCUT2D eigenvalue weighted by molar-refractivity contribution is 6.36. The first-order valence-electron chi connectivity index (χ1n) is 5.53. The van der Waals surface area contributed by atoms with Gasteiger partial charge >= 0.3 is 0 Å². The van der Waals surface area contributed by atoms with Gasteiger partial charge < -0.3 is 5.32 Å². The van der Waals surface area contributed by atoms with Gasteiger partial charge in [0, 0.05) is 11.6 Å². The number of benzene rings is 1. The van der Waals surface area contributed by atoms with Crippen molar-refractivity contribution < 1.29 is 4.79 Å². The van der Waals surface area contributed by atoms with Crippen LogP contribution in [-0.2, 0) is 0 Å². The molecule has 0 heterocycles. The molecule has 0 fully saturated rings. The number of nitrogens with one attached hydrogen (secondary N) is 1. The SMILES string of the molecule is CC(C)(C)CCNC(=O)c1ccc(Cl)cc1Cl. The first kappa shape index (κ1) is 14.3. The molecule has 94 valence electrons. The van der Waals surface area contributed by atoms with Crippen LogP contribution in [0.1, 0.15) is 37.6 Å². The van der Waals surface area contributed by atoms with Crippen LogP contribution in [0.5, 0.6) is 0 Å². The van der Waals surface area contributed by atoms with Crippen molar-refractivity contribution in [3.63, 3.8) is 0 Å². The minimum Gasteiger partial charge on any atom is -0.352 e. The summed E-state index contributed by atoms with van der Waals surface area (Å²) in [5.41, 5.74) is 0.668. The van der Waals surface area contributed by atoms with Gasteiger partial charge in [0.25, 0.3) is 5.91 Å². The molecule has 17 heavy (non-hydrogen) atoms. The van der Waals surface area contributed by atoms with Crippen LogP contribution in [0.15, 0.2) is 18.2 Å². The molecule has 0 aliphatic rings. The summed E-state index contributed by atoms with van der Waals surface area (Å²) in [6.45, 7) is 7.04. The van der Waals surface area contributed by atoms with E-state index < -0.39 is 0 Å². The summed E-state index contributed by atoms with van der Waals surface area (Å²) < 4.78 is 0. The fourth-order valence-electron chi connectivity index (χ4n) is 1.32. The Labute approximate surface area is 112 Å². The Kier molecular flexibility index (Phi) is 4.84. The lowest BCUT2D eigenvalue weighted by Gasteiger charge is -2.18. The molecule has 0 aromatic heterocycles. The molecule has 0 atom stereocenters. The van der Waals surface area contributed by atoms with Crippen molar-refractivity contribution in [2.45, 2.75) is 27.2 Å². The van der Waals surface area contributed by atoms with Crippen LogP contribution in [0.3, 0.4) is 0 Å². The molecule has 1 aromatic carbocycles. The Balaban J connectivity index is 2.59. The third-order valence-corrected chi connectivity index (χ3v) is 2.88. The van der Waals surface area contributed by atoms with Crippen LogP contribution in [0.4, 0.5) is 0 Å². The summed E-state index contributed by atoms with van der Waals surface area (Å²) in [7, 11) is 0. The number of halogens is 2. The molecule has 0 radical (unpaired) electrons. The zero-order valence-electron chi connectivity index (χ0n) is 10.3. The van der Waals surface area contributed by atoms with E-state index in [1.54, 1.807) is 18.2 Å². The van der Waals surface area contributed by atoms with E-state index in [2.05, 4.69) is 26.1 Å². The van der Waals surface area contributed by atoms with Gasteiger partial charge in [0.05, 0.1) is 10.6 Å². The second-order valence-electron chi connectivity index (χ2n) is 5.19. The van der Waals surface area contributed by atoms with Crippen molar-refractivity contribution in [2.75, 3.05) is 6.54 Å². The number of rotatable bonds is 3. The van der Waals surface area contributed by atoms with Crippen LogP contribution in [0, 0.1) is 5.41 Å². The van der Waals surface area contributed by atoms with E-state index in [1.807, 2.05) is 0 Å². The number of carbonyl (C=O) groups excluding carboxylic acids is 1. The molecule has 0 spiro atoms. The summed E-state index contributed by atoms with van der Waals surface area (Å²) >= 11 is 11.7. The Bertz CT molecular complexity index is 410. The minimum atomic E-state index is -0.157. The van der Waals surface area contributed by atoms with E-state index in [4.69, 9.17) is 23.2 Å². The monoisotopic (exact) mass is 273 g/mol. The lowest BCUT2D eigenvalue weighted by atomic mass is 9.92. The van der Waals surface area contributed by atoms with Crippen LogP contribution in [0.25, 0.3) is 0 Å². The Morgan fingerprint density at radius 2 is 1.94 bits per heavy atom. The average Bonchev–Trinajstić information content (AvgIpc) is 2.15. The van der Waals surface area contributed by atoms with Crippen LogP contribution >= 0.6 is 23.2 Å². The second kappa shape index (κ2) is 5.74. The number of amides is 1. The molecule has 1 N–H and O–H groups in total. The third-order valence-electron chi connectivity index (χ3n) is 2.34. The largest absolute Gasteiger partial charge is 0.352 e. The second-order valence-corrected chi connectivity index (χ2v) is 6.03. The van der Waals surface area contributed by atoms with Crippen molar-refractivity contribution in [1.82, 2.24) is 5.32 Å². The standard InChI is InChI=1S/C13H17Cl2NO/c1-13(2,3)6-7-16-12(17)10-5-4-9(14)8-11(10)15/h4-5,8H,6-7H2,1-3H3,(H,16,17). The lowest BCUT2D eigenvalue weighted by molar-refractivity contribution is 0.0949. The van der Waals surface area contributed by atoms with Crippen LogP contribution in [-0.4, -0.2) is 12.5 Å². The maximum Gasteiger partial charge on any atom is 0.252 e. The Morgan fingerprint density at radius 1 is 1.29 bits per heavy atom. The predicted molar refractivity (Wildman–Crippen MR) is 72.9 cm³/mol. The minimum absolute atomic E-state index is 0.157. The summed E-state index contributed by atoms with van der Waals surface area (Å²) in [4.78, 5) is 11.8.